The molecule has 9 heteroatoms. The number of carbonyl (C=O) groups is 1. The third kappa shape index (κ3) is 3.88. The normalized spacial score (nSPS) is 12.4. The number of benzene rings is 2. The molecule has 0 saturated carbocycles. The number of rotatable bonds is 4. The van der Waals surface area contributed by atoms with Gasteiger partial charge in [0.1, 0.15) is 17.3 Å². The van der Waals surface area contributed by atoms with Crippen molar-refractivity contribution in [3.05, 3.63) is 95.7 Å². The fraction of sp³-hybridized carbons (Fsp3) is 0.156. The van der Waals surface area contributed by atoms with E-state index in [4.69, 9.17) is 10.1 Å². The average molecular weight is 549 g/mol. The molecule has 0 unspecified atom stereocenters. The summed E-state index contributed by atoms with van der Waals surface area (Å²) >= 11 is 0. The summed E-state index contributed by atoms with van der Waals surface area (Å²) in [5, 5.41) is 8.04. The van der Waals surface area contributed by atoms with Crippen molar-refractivity contribution in [3.8, 4) is 33.9 Å². The van der Waals surface area contributed by atoms with Crippen LogP contribution >= 0.6 is 0 Å². The van der Waals surface area contributed by atoms with Gasteiger partial charge in [0.25, 0.3) is 5.91 Å². The first-order valence-electron chi connectivity index (χ1n) is 13.3. The molecule has 6 aromatic rings. The first kappa shape index (κ1) is 25.0. The minimum Gasteiger partial charge on any atom is -0.376 e. The van der Waals surface area contributed by atoms with Crippen LogP contribution in [0.1, 0.15) is 15.9 Å². The van der Waals surface area contributed by atoms with Crippen LogP contribution in [0.15, 0.2) is 72.9 Å². The summed E-state index contributed by atoms with van der Waals surface area (Å²) in [5.74, 6) is -0.911. The van der Waals surface area contributed by atoms with Gasteiger partial charge in [0.05, 0.1) is 45.6 Å². The molecule has 0 spiro atoms. The van der Waals surface area contributed by atoms with E-state index in [2.05, 4.69) is 16.0 Å². The van der Waals surface area contributed by atoms with Crippen molar-refractivity contribution >= 4 is 28.0 Å². The minimum atomic E-state index is -0.364. The maximum Gasteiger partial charge on any atom is 0.255 e. The van der Waals surface area contributed by atoms with Crippen LogP contribution in [0, 0.1) is 11.6 Å². The Morgan fingerprint density at radius 3 is 2.54 bits per heavy atom. The summed E-state index contributed by atoms with van der Waals surface area (Å²) in [6.45, 7) is 0.753. The van der Waals surface area contributed by atoms with Gasteiger partial charge in [0, 0.05) is 44.2 Å². The highest BCUT2D eigenvalue weighted by Gasteiger charge is 2.25. The third-order valence-electron chi connectivity index (χ3n) is 7.80. The molecule has 0 fully saturated rings. The van der Waals surface area contributed by atoms with Crippen molar-refractivity contribution in [1.82, 2.24) is 24.5 Å². The standard InChI is InChI=1S/C32H26F2N6O/c1-35-32(41)29-26-16-22(28(38(2)3)17-40(26)37-31(29)18-7-10-20(33)11-8-18)24-12-9-19-13-14-39-25-6-4-5-23(34)21(25)15-27(39)30(19)36-24/h4-12,15-17H,13-14H2,1-3H3,(H,35,41). The Kier molecular flexibility index (Phi) is 5.64. The van der Waals surface area contributed by atoms with Gasteiger partial charge in [0.15, 0.2) is 0 Å². The molecule has 1 N–H and O–H groups in total. The molecule has 1 aliphatic rings. The fourth-order valence-corrected chi connectivity index (χ4v) is 5.78. The van der Waals surface area contributed by atoms with E-state index in [-0.39, 0.29) is 17.5 Å². The van der Waals surface area contributed by atoms with Crippen molar-refractivity contribution in [2.24, 2.45) is 0 Å². The number of fused-ring (bicyclic) bond motifs is 6. The van der Waals surface area contributed by atoms with Gasteiger partial charge in [-0.1, -0.05) is 12.1 Å². The molecule has 204 valence electrons. The summed E-state index contributed by atoms with van der Waals surface area (Å²) < 4.78 is 32.1. The van der Waals surface area contributed by atoms with Gasteiger partial charge in [0.2, 0.25) is 0 Å². The molecule has 7 nitrogen and oxygen atoms in total. The van der Waals surface area contributed by atoms with Crippen LogP contribution in [0.25, 0.3) is 50.3 Å². The van der Waals surface area contributed by atoms with Gasteiger partial charge in [-0.15, -0.1) is 0 Å². The molecule has 0 atom stereocenters. The van der Waals surface area contributed by atoms with Crippen LogP contribution in [0.3, 0.4) is 0 Å². The van der Waals surface area contributed by atoms with Gasteiger partial charge in [-0.05, 0) is 66.6 Å². The molecule has 0 radical (unpaired) electrons. The predicted octanol–water partition coefficient (Wildman–Crippen LogP) is 5.94. The highest BCUT2D eigenvalue weighted by molar-refractivity contribution is 6.07. The van der Waals surface area contributed by atoms with Crippen molar-refractivity contribution in [2.45, 2.75) is 13.0 Å². The van der Waals surface area contributed by atoms with E-state index in [0.717, 1.165) is 52.4 Å². The molecule has 0 aliphatic carbocycles. The Labute approximate surface area is 234 Å². The van der Waals surface area contributed by atoms with Gasteiger partial charge in [-0.25, -0.2) is 18.3 Å². The van der Waals surface area contributed by atoms with Gasteiger partial charge in [-0.2, -0.15) is 5.10 Å². The number of anilines is 1. The summed E-state index contributed by atoms with van der Waals surface area (Å²) in [6, 6.07) is 19.0. The van der Waals surface area contributed by atoms with E-state index in [9.17, 15) is 13.6 Å². The summed E-state index contributed by atoms with van der Waals surface area (Å²) in [7, 11) is 5.45. The quantitative estimate of drug-likeness (QED) is 0.296. The second-order valence-corrected chi connectivity index (χ2v) is 10.4. The average Bonchev–Trinajstić information content (AvgIpc) is 3.55. The lowest BCUT2D eigenvalue weighted by Crippen LogP contribution is -2.18. The summed E-state index contributed by atoms with van der Waals surface area (Å²) in [6.07, 6.45) is 2.66. The van der Waals surface area contributed by atoms with Crippen molar-refractivity contribution in [2.75, 3.05) is 26.0 Å². The van der Waals surface area contributed by atoms with Crippen molar-refractivity contribution < 1.29 is 13.6 Å². The van der Waals surface area contributed by atoms with E-state index in [1.807, 2.05) is 49.5 Å². The summed E-state index contributed by atoms with van der Waals surface area (Å²) in [4.78, 5) is 20.3. The SMILES string of the molecule is CNC(=O)c1c(-c2ccc(F)cc2)nn2cc(N(C)C)c(-c3ccc4c(n3)-c3cc5c(F)cccc5n3CC4)cc12. The van der Waals surface area contributed by atoms with Gasteiger partial charge >= 0.3 is 0 Å². The van der Waals surface area contributed by atoms with Gasteiger partial charge < -0.3 is 14.8 Å². The first-order valence-corrected chi connectivity index (χ1v) is 13.3. The topological polar surface area (TPSA) is 67.5 Å². The highest BCUT2D eigenvalue weighted by atomic mass is 19.1. The largest absolute Gasteiger partial charge is 0.376 e. The molecular weight excluding hydrogens is 522 g/mol. The van der Waals surface area contributed by atoms with Crippen LogP contribution in [-0.4, -0.2) is 46.2 Å². The number of nitrogens with zero attached hydrogens (tertiary/aromatic N) is 5. The van der Waals surface area contributed by atoms with E-state index >= 15 is 0 Å². The zero-order chi connectivity index (χ0) is 28.4. The Balaban J connectivity index is 1.45. The summed E-state index contributed by atoms with van der Waals surface area (Å²) in [5.41, 5.74) is 8.13. The number of carbonyl (C=O) groups excluding carboxylic acids is 1. The maximum absolute atomic E-state index is 14.7. The molecule has 1 aliphatic heterocycles. The second-order valence-electron chi connectivity index (χ2n) is 10.4. The number of hydrogen-bond donors (Lipinski definition) is 1. The number of hydrogen-bond acceptors (Lipinski definition) is 4. The number of amides is 1. The molecule has 41 heavy (non-hydrogen) atoms. The fourth-order valence-electron chi connectivity index (χ4n) is 5.78. The molecular formula is C32H26F2N6O. The second kappa shape index (κ2) is 9.26. The number of aryl methyl sites for hydroxylation is 2. The molecule has 4 aromatic heterocycles. The number of aromatic nitrogens is 4. The van der Waals surface area contributed by atoms with Crippen LogP contribution in [0.2, 0.25) is 0 Å². The molecule has 7 rings (SSSR count). The van der Waals surface area contributed by atoms with Crippen LogP contribution in [-0.2, 0) is 13.0 Å². The lowest BCUT2D eigenvalue weighted by molar-refractivity contribution is 0.0965. The first-order chi connectivity index (χ1) is 19.8. The Morgan fingerprint density at radius 1 is 0.976 bits per heavy atom. The molecule has 2 aromatic carbocycles. The number of nitrogens with one attached hydrogen (secondary N) is 1. The van der Waals surface area contributed by atoms with E-state index in [1.165, 1.54) is 18.2 Å². The zero-order valence-electron chi connectivity index (χ0n) is 22.7. The number of pyridine rings is 2. The number of halogens is 2. The Bertz CT molecular complexity index is 2010. The van der Waals surface area contributed by atoms with Crippen LogP contribution in [0.4, 0.5) is 14.5 Å². The van der Waals surface area contributed by atoms with E-state index in [1.54, 1.807) is 29.8 Å². The lowest BCUT2D eigenvalue weighted by Gasteiger charge is -2.22. The highest BCUT2D eigenvalue weighted by Crippen LogP contribution is 2.39. The predicted molar refractivity (Wildman–Crippen MR) is 156 cm³/mol. The van der Waals surface area contributed by atoms with Crippen molar-refractivity contribution in [1.29, 1.82) is 0 Å². The molecule has 0 saturated heterocycles. The van der Waals surface area contributed by atoms with Crippen molar-refractivity contribution in [3.63, 3.8) is 0 Å². The van der Waals surface area contributed by atoms with Gasteiger partial charge in [-0.3, -0.25) is 4.79 Å². The lowest BCUT2D eigenvalue weighted by atomic mass is 10.0. The monoisotopic (exact) mass is 548 g/mol. The van der Waals surface area contributed by atoms with E-state index < -0.39 is 0 Å². The van der Waals surface area contributed by atoms with E-state index in [0.29, 0.717) is 27.7 Å². The smallest absolute Gasteiger partial charge is 0.255 e. The Morgan fingerprint density at radius 2 is 1.78 bits per heavy atom. The molecule has 1 amide bonds. The zero-order valence-corrected chi connectivity index (χ0v) is 22.7. The minimum absolute atomic E-state index is 0.248. The Hall–Kier alpha value is -5.05. The molecule has 5 heterocycles. The third-order valence-corrected chi connectivity index (χ3v) is 7.80. The van der Waals surface area contributed by atoms with Crippen LogP contribution < -0.4 is 10.2 Å². The molecule has 0 bridgehead atoms. The maximum atomic E-state index is 14.7. The van der Waals surface area contributed by atoms with Crippen LogP contribution in [0.5, 0.6) is 0 Å².